The van der Waals surface area contributed by atoms with Gasteiger partial charge in [-0.1, -0.05) is 0 Å². The first-order valence-corrected chi connectivity index (χ1v) is 7.15. The lowest BCUT2D eigenvalue weighted by Crippen LogP contribution is -2.34. The zero-order valence-electron chi connectivity index (χ0n) is 13.5. The summed E-state index contributed by atoms with van der Waals surface area (Å²) in [7, 11) is 4.84. The van der Waals surface area contributed by atoms with Crippen molar-refractivity contribution in [2.24, 2.45) is 7.05 Å². The van der Waals surface area contributed by atoms with Crippen LogP contribution in [0.15, 0.2) is 35.6 Å². The Morgan fingerprint density at radius 1 is 1.29 bits per heavy atom. The van der Waals surface area contributed by atoms with Gasteiger partial charge in [-0.25, -0.2) is 9.97 Å². The number of aromatic nitrogens is 5. The molecule has 9 nitrogen and oxygen atoms in total. The van der Waals surface area contributed by atoms with Crippen molar-refractivity contribution in [3.63, 3.8) is 0 Å². The highest BCUT2D eigenvalue weighted by Gasteiger charge is 2.15. The third-order valence-electron chi connectivity index (χ3n) is 3.72. The Morgan fingerprint density at radius 3 is 2.75 bits per heavy atom. The van der Waals surface area contributed by atoms with Crippen LogP contribution in [0.5, 0.6) is 5.88 Å². The Labute approximate surface area is 137 Å². The van der Waals surface area contributed by atoms with Crippen LogP contribution in [-0.2, 0) is 18.4 Å². The maximum Gasteiger partial charge on any atom is 0.264 e. The van der Waals surface area contributed by atoms with Gasteiger partial charge in [-0.3, -0.25) is 18.8 Å². The number of carbonyl (C=O) groups excluding carboxylic acids is 1. The van der Waals surface area contributed by atoms with E-state index in [2.05, 4.69) is 15.1 Å². The number of hydrogen-bond acceptors (Lipinski definition) is 6. The van der Waals surface area contributed by atoms with Gasteiger partial charge in [0.25, 0.3) is 5.56 Å². The van der Waals surface area contributed by atoms with E-state index in [1.54, 1.807) is 26.2 Å². The first-order valence-electron chi connectivity index (χ1n) is 7.15. The van der Waals surface area contributed by atoms with Crippen LogP contribution >= 0.6 is 0 Å². The summed E-state index contributed by atoms with van der Waals surface area (Å²) in [5, 5.41) is 4.38. The number of amides is 1. The summed E-state index contributed by atoms with van der Waals surface area (Å²) in [4.78, 5) is 34.5. The van der Waals surface area contributed by atoms with E-state index >= 15 is 0 Å². The number of nitrogens with zero attached hydrogens (tertiary/aromatic N) is 6. The zero-order chi connectivity index (χ0) is 17.3. The second-order valence-corrected chi connectivity index (χ2v) is 5.19. The number of ether oxygens (including phenoxy) is 1. The van der Waals surface area contributed by atoms with Gasteiger partial charge in [-0.15, -0.1) is 0 Å². The van der Waals surface area contributed by atoms with E-state index in [1.807, 2.05) is 0 Å². The Morgan fingerprint density at radius 2 is 2.08 bits per heavy atom. The molecule has 0 saturated carbocycles. The number of likely N-dealkylation sites (N-methyl/N-ethyl adjacent to an activating group) is 1. The second kappa shape index (κ2) is 6.11. The monoisotopic (exact) mass is 328 g/mol. The Balaban J connectivity index is 1.83. The number of fused-ring (bicyclic) bond motifs is 1. The van der Waals surface area contributed by atoms with Gasteiger partial charge in [-0.2, -0.15) is 5.10 Å². The van der Waals surface area contributed by atoms with Crippen LogP contribution in [0.4, 0.5) is 5.69 Å². The SMILES string of the molecule is COc1ccc(N(C)C(=O)Cn2cnc3c(cnn3C)c2=O)cn1. The fourth-order valence-electron chi connectivity index (χ4n) is 2.27. The van der Waals surface area contributed by atoms with Crippen molar-refractivity contribution in [1.82, 2.24) is 24.3 Å². The fourth-order valence-corrected chi connectivity index (χ4v) is 2.27. The van der Waals surface area contributed by atoms with Crippen molar-refractivity contribution in [2.75, 3.05) is 19.1 Å². The van der Waals surface area contributed by atoms with Gasteiger partial charge < -0.3 is 9.64 Å². The molecule has 124 valence electrons. The number of carbonyl (C=O) groups is 1. The summed E-state index contributed by atoms with van der Waals surface area (Å²) in [5.41, 5.74) is 0.781. The topological polar surface area (TPSA) is 95.1 Å². The number of methoxy groups -OCH3 is 1. The van der Waals surface area contributed by atoms with Crippen molar-refractivity contribution in [1.29, 1.82) is 0 Å². The molecule has 3 aromatic heterocycles. The molecule has 0 unspecified atom stereocenters. The first kappa shape index (κ1) is 15.7. The standard InChI is InChI=1S/C15H16N6O3/c1-19(10-4-5-12(24-3)16-6-10)13(22)8-21-9-17-14-11(15(21)23)7-18-20(14)2/h4-7,9H,8H2,1-3H3. The highest BCUT2D eigenvalue weighted by atomic mass is 16.5. The molecule has 0 fully saturated rings. The minimum absolute atomic E-state index is 0.126. The molecule has 0 aliphatic carbocycles. The summed E-state index contributed by atoms with van der Waals surface area (Å²) >= 11 is 0. The van der Waals surface area contributed by atoms with E-state index in [0.29, 0.717) is 22.6 Å². The molecule has 9 heteroatoms. The van der Waals surface area contributed by atoms with E-state index in [0.717, 1.165) is 0 Å². The lowest BCUT2D eigenvalue weighted by atomic mass is 10.3. The molecule has 0 saturated heterocycles. The van der Waals surface area contributed by atoms with Gasteiger partial charge >= 0.3 is 0 Å². The minimum Gasteiger partial charge on any atom is -0.481 e. The molecule has 0 radical (unpaired) electrons. The first-order chi connectivity index (χ1) is 11.5. The molecule has 0 aliphatic heterocycles. The number of anilines is 1. The molecule has 0 aliphatic rings. The molecule has 3 aromatic rings. The highest BCUT2D eigenvalue weighted by molar-refractivity contribution is 5.92. The van der Waals surface area contributed by atoms with Gasteiger partial charge in [-0.05, 0) is 6.07 Å². The van der Waals surface area contributed by atoms with Crippen LogP contribution in [0.3, 0.4) is 0 Å². The third-order valence-corrected chi connectivity index (χ3v) is 3.72. The number of pyridine rings is 1. The molecule has 0 N–H and O–H groups in total. The molecular weight excluding hydrogens is 312 g/mol. The van der Waals surface area contributed by atoms with Crippen LogP contribution in [0.25, 0.3) is 11.0 Å². The quantitative estimate of drug-likeness (QED) is 0.679. The van der Waals surface area contributed by atoms with Gasteiger partial charge in [0.1, 0.15) is 18.3 Å². The normalized spacial score (nSPS) is 10.8. The molecule has 3 rings (SSSR count). The number of rotatable bonds is 4. The largest absolute Gasteiger partial charge is 0.481 e. The molecular formula is C15H16N6O3. The summed E-state index contributed by atoms with van der Waals surface area (Å²) in [6.45, 7) is -0.126. The average molecular weight is 328 g/mol. The summed E-state index contributed by atoms with van der Waals surface area (Å²) in [5.74, 6) is 0.191. The Hall–Kier alpha value is -3.23. The molecule has 1 amide bonds. The van der Waals surface area contributed by atoms with Crippen LogP contribution in [0.2, 0.25) is 0 Å². The summed E-state index contributed by atoms with van der Waals surface area (Å²) in [6.07, 6.45) is 4.33. The average Bonchev–Trinajstić information content (AvgIpc) is 2.98. The molecule has 3 heterocycles. The molecule has 0 aromatic carbocycles. The fraction of sp³-hybridized carbons (Fsp3) is 0.267. The Kier molecular flexibility index (Phi) is 3.98. The minimum atomic E-state index is -0.303. The van der Waals surface area contributed by atoms with Crippen molar-refractivity contribution in [2.45, 2.75) is 6.54 Å². The van der Waals surface area contributed by atoms with Crippen LogP contribution < -0.4 is 15.2 Å². The number of aryl methyl sites for hydroxylation is 1. The van der Waals surface area contributed by atoms with E-state index < -0.39 is 0 Å². The van der Waals surface area contributed by atoms with E-state index in [4.69, 9.17) is 4.74 Å². The second-order valence-electron chi connectivity index (χ2n) is 5.19. The third kappa shape index (κ3) is 2.71. The molecule has 0 spiro atoms. The van der Waals surface area contributed by atoms with Crippen LogP contribution in [0, 0.1) is 0 Å². The van der Waals surface area contributed by atoms with E-state index in [1.165, 1.54) is 40.0 Å². The molecule has 24 heavy (non-hydrogen) atoms. The van der Waals surface area contributed by atoms with Gasteiger partial charge in [0.2, 0.25) is 11.8 Å². The van der Waals surface area contributed by atoms with E-state index in [-0.39, 0.29) is 18.0 Å². The van der Waals surface area contributed by atoms with Gasteiger partial charge in [0, 0.05) is 20.2 Å². The maximum absolute atomic E-state index is 12.4. The van der Waals surface area contributed by atoms with Crippen molar-refractivity contribution in [3.05, 3.63) is 41.2 Å². The maximum atomic E-state index is 12.4. The Bertz CT molecular complexity index is 944. The van der Waals surface area contributed by atoms with Crippen LogP contribution in [-0.4, -0.2) is 44.4 Å². The van der Waals surface area contributed by atoms with Crippen LogP contribution in [0.1, 0.15) is 0 Å². The highest BCUT2D eigenvalue weighted by Crippen LogP contribution is 2.15. The summed E-state index contributed by atoms with van der Waals surface area (Å²) < 4.78 is 7.76. The summed E-state index contributed by atoms with van der Waals surface area (Å²) in [6, 6.07) is 3.38. The van der Waals surface area contributed by atoms with Crippen molar-refractivity contribution < 1.29 is 9.53 Å². The van der Waals surface area contributed by atoms with Gasteiger partial charge in [0.05, 0.1) is 25.2 Å². The number of hydrogen-bond donors (Lipinski definition) is 0. The molecule has 0 bridgehead atoms. The van der Waals surface area contributed by atoms with Gasteiger partial charge in [0.15, 0.2) is 5.65 Å². The lowest BCUT2D eigenvalue weighted by molar-refractivity contribution is -0.118. The zero-order valence-corrected chi connectivity index (χ0v) is 13.5. The van der Waals surface area contributed by atoms with Crippen molar-refractivity contribution in [3.8, 4) is 5.88 Å². The van der Waals surface area contributed by atoms with Crippen molar-refractivity contribution >= 4 is 22.6 Å². The lowest BCUT2D eigenvalue weighted by Gasteiger charge is -2.17. The molecule has 0 atom stereocenters. The predicted molar refractivity (Wildman–Crippen MR) is 87.0 cm³/mol. The predicted octanol–water partition coefficient (Wildman–Crippen LogP) is 0.197. The van der Waals surface area contributed by atoms with E-state index in [9.17, 15) is 9.59 Å². The smallest absolute Gasteiger partial charge is 0.264 e.